The summed E-state index contributed by atoms with van der Waals surface area (Å²) in [7, 11) is 0. The number of carbonyl (C=O) groups excluding carboxylic acids is 1. The summed E-state index contributed by atoms with van der Waals surface area (Å²) in [5, 5.41) is 11.9. The Kier molecular flexibility index (Phi) is 27.0. The minimum atomic E-state index is -0.276. The molecule has 0 aromatic carbocycles. The largest absolute Gasteiger partial charge is 0.465 e. The van der Waals surface area contributed by atoms with E-state index < -0.39 is 0 Å². The molecule has 0 radical (unpaired) electrons. The SMILES string of the molecule is CCCCCCCCOC(CCOC(=O)CCCCCNCCO)OCCCCCCCC. The molecule has 0 fully saturated rings. The van der Waals surface area contributed by atoms with Crippen LogP contribution in [0.5, 0.6) is 0 Å². The maximum Gasteiger partial charge on any atom is 0.305 e. The second-order valence-corrected chi connectivity index (χ2v) is 9.00. The van der Waals surface area contributed by atoms with Crippen LogP contribution in [0.3, 0.4) is 0 Å². The van der Waals surface area contributed by atoms with Gasteiger partial charge in [0.25, 0.3) is 0 Å². The number of rotatable bonds is 27. The highest BCUT2D eigenvalue weighted by Crippen LogP contribution is 2.10. The molecule has 0 aliphatic rings. The third-order valence-electron chi connectivity index (χ3n) is 5.74. The van der Waals surface area contributed by atoms with E-state index in [4.69, 9.17) is 19.3 Å². The summed E-state index contributed by atoms with van der Waals surface area (Å²) in [6, 6.07) is 0. The van der Waals surface area contributed by atoms with Gasteiger partial charge >= 0.3 is 5.97 Å². The Morgan fingerprint density at radius 2 is 1.24 bits per heavy atom. The van der Waals surface area contributed by atoms with E-state index in [1.807, 2.05) is 0 Å². The number of hydrogen-bond donors (Lipinski definition) is 2. The van der Waals surface area contributed by atoms with Gasteiger partial charge in [-0.1, -0.05) is 84.5 Å². The Balaban J connectivity index is 3.95. The van der Waals surface area contributed by atoms with Gasteiger partial charge in [-0.3, -0.25) is 4.79 Å². The van der Waals surface area contributed by atoms with Crippen LogP contribution in [-0.2, 0) is 19.0 Å². The molecule has 198 valence electrons. The lowest BCUT2D eigenvalue weighted by atomic mass is 10.1. The first-order valence-electron chi connectivity index (χ1n) is 13.9. The third-order valence-corrected chi connectivity index (χ3v) is 5.74. The summed E-state index contributed by atoms with van der Waals surface area (Å²) in [6.07, 6.45) is 18.5. The molecule has 0 heterocycles. The van der Waals surface area contributed by atoms with Crippen molar-refractivity contribution in [1.29, 1.82) is 0 Å². The fourth-order valence-electron chi connectivity index (χ4n) is 3.65. The molecule has 33 heavy (non-hydrogen) atoms. The number of hydrogen-bond acceptors (Lipinski definition) is 6. The minimum absolute atomic E-state index is 0.135. The predicted octanol–water partition coefficient (Wildman–Crippen LogP) is 6.14. The van der Waals surface area contributed by atoms with E-state index in [2.05, 4.69) is 19.2 Å². The molecular formula is C27H55NO5. The number of aliphatic hydroxyl groups excluding tert-OH is 1. The number of aliphatic hydroxyl groups is 1. The van der Waals surface area contributed by atoms with E-state index in [-0.39, 0.29) is 18.9 Å². The average Bonchev–Trinajstić information content (AvgIpc) is 2.81. The van der Waals surface area contributed by atoms with Crippen LogP contribution in [0.25, 0.3) is 0 Å². The molecule has 0 rings (SSSR count). The molecular weight excluding hydrogens is 418 g/mol. The molecule has 0 amide bonds. The number of ether oxygens (including phenoxy) is 3. The van der Waals surface area contributed by atoms with E-state index in [1.165, 1.54) is 64.2 Å². The van der Waals surface area contributed by atoms with Crippen molar-refractivity contribution in [2.24, 2.45) is 0 Å². The molecule has 0 aliphatic carbocycles. The van der Waals surface area contributed by atoms with Crippen molar-refractivity contribution in [3.63, 3.8) is 0 Å². The van der Waals surface area contributed by atoms with Gasteiger partial charge in [-0.25, -0.2) is 0 Å². The number of esters is 1. The van der Waals surface area contributed by atoms with Crippen LogP contribution in [0.1, 0.15) is 123 Å². The van der Waals surface area contributed by atoms with Gasteiger partial charge in [0.15, 0.2) is 6.29 Å². The molecule has 0 aromatic rings. The zero-order valence-corrected chi connectivity index (χ0v) is 21.9. The van der Waals surface area contributed by atoms with E-state index in [9.17, 15) is 4.79 Å². The van der Waals surface area contributed by atoms with Gasteiger partial charge in [0.05, 0.1) is 13.2 Å². The Hall–Kier alpha value is -0.690. The van der Waals surface area contributed by atoms with Gasteiger partial charge in [0, 0.05) is 32.6 Å². The summed E-state index contributed by atoms with van der Waals surface area (Å²) in [5.41, 5.74) is 0. The molecule has 2 N–H and O–H groups in total. The van der Waals surface area contributed by atoms with Gasteiger partial charge in [-0.2, -0.15) is 0 Å². The molecule has 0 unspecified atom stereocenters. The molecule has 0 spiro atoms. The molecule has 0 aliphatic heterocycles. The number of nitrogens with one attached hydrogen (secondary N) is 1. The predicted molar refractivity (Wildman–Crippen MR) is 136 cm³/mol. The minimum Gasteiger partial charge on any atom is -0.465 e. The zero-order chi connectivity index (χ0) is 24.2. The first-order chi connectivity index (χ1) is 16.2. The highest BCUT2D eigenvalue weighted by molar-refractivity contribution is 5.69. The summed E-state index contributed by atoms with van der Waals surface area (Å²) >= 11 is 0. The summed E-state index contributed by atoms with van der Waals surface area (Å²) in [6.45, 7) is 7.93. The Bertz CT molecular complexity index is 377. The topological polar surface area (TPSA) is 77.0 Å². The van der Waals surface area contributed by atoms with Gasteiger partial charge in [-0.15, -0.1) is 0 Å². The Morgan fingerprint density at radius 3 is 1.82 bits per heavy atom. The highest BCUT2D eigenvalue weighted by Gasteiger charge is 2.11. The van der Waals surface area contributed by atoms with Crippen molar-refractivity contribution in [2.75, 3.05) is 39.5 Å². The van der Waals surface area contributed by atoms with E-state index in [1.54, 1.807) is 0 Å². The second-order valence-electron chi connectivity index (χ2n) is 9.00. The van der Waals surface area contributed by atoms with Crippen LogP contribution in [0, 0.1) is 0 Å². The maximum atomic E-state index is 12.0. The highest BCUT2D eigenvalue weighted by atomic mass is 16.7. The lowest BCUT2D eigenvalue weighted by Gasteiger charge is -2.19. The van der Waals surface area contributed by atoms with Gasteiger partial charge in [-0.05, 0) is 32.2 Å². The van der Waals surface area contributed by atoms with Crippen molar-refractivity contribution in [3.8, 4) is 0 Å². The molecule has 6 heteroatoms. The summed E-state index contributed by atoms with van der Waals surface area (Å²) < 4.78 is 17.4. The average molecular weight is 474 g/mol. The van der Waals surface area contributed by atoms with E-state index >= 15 is 0 Å². The van der Waals surface area contributed by atoms with Crippen molar-refractivity contribution >= 4 is 5.97 Å². The molecule has 0 atom stereocenters. The summed E-state index contributed by atoms with van der Waals surface area (Å²) in [4.78, 5) is 12.0. The van der Waals surface area contributed by atoms with Crippen molar-refractivity contribution in [3.05, 3.63) is 0 Å². The molecule has 0 bridgehead atoms. The van der Waals surface area contributed by atoms with Crippen LogP contribution < -0.4 is 5.32 Å². The van der Waals surface area contributed by atoms with Gasteiger partial charge in [0.1, 0.15) is 0 Å². The zero-order valence-electron chi connectivity index (χ0n) is 21.9. The van der Waals surface area contributed by atoms with Gasteiger partial charge in [0.2, 0.25) is 0 Å². The van der Waals surface area contributed by atoms with Gasteiger partial charge < -0.3 is 24.6 Å². The second kappa shape index (κ2) is 27.6. The molecule has 0 aromatic heterocycles. The quantitative estimate of drug-likeness (QED) is 0.0847. The Morgan fingerprint density at radius 1 is 0.697 bits per heavy atom. The van der Waals surface area contributed by atoms with E-state index in [0.29, 0.717) is 39.2 Å². The monoisotopic (exact) mass is 473 g/mol. The smallest absolute Gasteiger partial charge is 0.305 e. The number of carbonyl (C=O) groups is 1. The van der Waals surface area contributed by atoms with Crippen molar-refractivity contribution in [2.45, 2.75) is 129 Å². The standard InChI is InChI=1S/C27H55NO5/c1-3-5-7-9-11-16-23-32-27(33-24-17-12-10-8-6-4-2)19-25-31-26(30)18-14-13-15-20-28-21-22-29/h27-29H,3-25H2,1-2H3. The van der Waals surface area contributed by atoms with Crippen LogP contribution in [-0.4, -0.2) is 56.9 Å². The van der Waals surface area contributed by atoms with Crippen LogP contribution in [0.4, 0.5) is 0 Å². The van der Waals surface area contributed by atoms with Crippen LogP contribution in [0.2, 0.25) is 0 Å². The first-order valence-corrected chi connectivity index (χ1v) is 13.9. The number of unbranched alkanes of at least 4 members (excludes halogenated alkanes) is 12. The first kappa shape index (κ1) is 32.3. The third kappa shape index (κ3) is 25.8. The van der Waals surface area contributed by atoms with Crippen molar-refractivity contribution < 1.29 is 24.1 Å². The summed E-state index contributed by atoms with van der Waals surface area (Å²) in [5.74, 6) is -0.135. The molecule has 6 nitrogen and oxygen atoms in total. The fraction of sp³-hybridized carbons (Fsp3) is 0.963. The normalized spacial score (nSPS) is 11.4. The lowest BCUT2D eigenvalue weighted by molar-refractivity contribution is -0.161. The van der Waals surface area contributed by atoms with Crippen LogP contribution in [0.15, 0.2) is 0 Å². The lowest BCUT2D eigenvalue weighted by Crippen LogP contribution is -2.22. The molecule has 0 saturated carbocycles. The fourth-order valence-corrected chi connectivity index (χ4v) is 3.65. The van der Waals surface area contributed by atoms with E-state index in [0.717, 1.165) is 38.6 Å². The molecule has 0 saturated heterocycles. The van der Waals surface area contributed by atoms with Crippen LogP contribution >= 0.6 is 0 Å². The maximum absolute atomic E-state index is 12.0. The Labute approximate surface area is 204 Å². The van der Waals surface area contributed by atoms with Crippen molar-refractivity contribution in [1.82, 2.24) is 5.32 Å².